The van der Waals surface area contributed by atoms with Gasteiger partial charge in [0, 0.05) is 48.6 Å². The molecule has 2 aromatic rings. The van der Waals surface area contributed by atoms with Crippen molar-refractivity contribution < 1.29 is 5.11 Å². The van der Waals surface area contributed by atoms with Crippen molar-refractivity contribution >= 4 is 0 Å². The quantitative estimate of drug-likeness (QED) is 0.850. The van der Waals surface area contributed by atoms with Crippen LogP contribution in [-0.4, -0.2) is 47.4 Å². The van der Waals surface area contributed by atoms with Crippen molar-refractivity contribution in [3.63, 3.8) is 0 Å². The molecule has 148 valence electrons. The van der Waals surface area contributed by atoms with Crippen LogP contribution in [0.5, 0.6) is 0 Å². The Labute approximate surface area is 164 Å². The first-order valence-electron chi connectivity index (χ1n) is 10.3. The fourth-order valence-electron chi connectivity index (χ4n) is 4.97. The molecule has 2 aliphatic heterocycles. The number of aryl methyl sites for hydroxylation is 1. The molecule has 3 aliphatic rings. The fourth-order valence-corrected chi connectivity index (χ4v) is 4.97. The summed E-state index contributed by atoms with van der Waals surface area (Å²) in [5.41, 5.74) is 1.11. The first-order chi connectivity index (χ1) is 13.5. The van der Waals surface area contributed by atoms with Crippen molar-refractivity contribution in [2.45, 2.75) is 82.1 Å². The van der Waals surface area contributed by atoms with E-state index in [1.807, 2.05) is 25.4 Å². The summed E-state index contributed by atoms with van der Waals surface area (Å²) in [5.74, 6) is 1.28. The van der Waals surface area contributed by atoms with Crippen LogP contribution < -0.4 is 5.56 Å². The number of nitrogens with zero attached hydrogens (tertiary/aromatic N) is 5. The summed E-state index contributed by atoms with van der Waals surface area (Å²) in [4.78, 5) is 23.4. The standard InChI is InChI=1S/C21H27N5O2/c1-14-22-10-15(11-23-14)12-25-17-4-5-18(25)9-21(28,8-17)13-26-20(27)7-6-19(24-26)16-2-3-16/h6-7,10-11,16-18,28H,2-5,8-9,12-13H2,1H3/t17-,18-/m0/s1. The van der Waals surface area contributed by atoms with E-state index >= 15 is 0 Å². The van der Waals surface area contributed by atoms with Gasteiger partial charge in [-0.3, -0.25) is 9.69 Å². The highest BCUT2D eigenvalue weighted by Crippen LogP contribution is 2.42. The van der Waals surface area contributed by atoms with Crippen LogP contribution in [0, 0.1) is 6.92 Å². The highest BCUT2D eigenvalue weighted by molar-refractivity contribution is 5.13. The molecule has 28 heavy (non-hydrogen) atoms. The molecule has 1 aliphatic carbocycles. The molecule has 0 radical (unpaired) electrons. The van der Waals surface area contributed by atoms with E-state index in [0.29, 0.717) is 37.4 Å². The van der Waals surface area contributed by atoms with Crippen molar-refractivity contribution in [1.29, 1.82) is 0 Å². The van der Waals surface area contributed by atoms with Crippen LogP contribution in [0.2, 0.25) is 0 Å². The van der Waals surface area contributed by atoms with E-state index in [9.17, 15) is 9.90 Å². The lowest BCUT2D eigenvalue weighted by Gasteiger charge is -2.43. The number of piperidine rings is 1. The average molecular weight is 381 g/mol. The van der Waals surface area contributed by atoms with Crippen LogP contribution in [0.15, 0.2) is 29.3 Å². The van der Waals surface area contributed by atoms with Crippen LogP contribution in [0.1, 0.15) is 61.5 Å². The summed E-state index contributed by atoms with van der Waals surface area (Å²) < 4.78 is 1.50. The van der Waals surface area contributed by atoms with Gasteiger partial charge in [0.2, 0.25) is 0 Å². The smallest absolute Gasteiger partial charge is 0.266 e. The van der Waals surface area contributed by atoms with Crippen LogP contribution in [0.25, 0.3) is 0 Å². The van der Waals surface area contributed by atoms with Gasteiger partial charge in [-0.25, -0.2) is 14.6 Å². The Morgan fingerprint density at radius 3 is 2.43 bits per heavy atom. The lowest BCUT2D eigenvalue weighted by Crippen LogP contribution is -2.53. The predicted octanol–water partition coefficient (Wildman–Crippen LogP) is 1.78. The van der Waals surface area contributed by atoms with Crippen molar-refractivity contribution in [3.8, 4) is 0 Å². The molecule has 7 heteroatoms. The molecule has 3 fully saturated rings. The van der Waals surface area contributed by atoms with Gasteiger partial charge in [0.1, 0.15) is 5.82 Å². The Bertz CT molecular complexity index is 907. The number of aliphatic hydroxyl groups is 1. The van der Waals surface area contributed by atoms with Gasteiger partial charge in [-0.2, -0.15) is 5.10 Å². The molecule has 5 rings (SSSR count). The monoisotopic (exact) mass is 381 g/mol. The summed E-state index contributed by atoms with van der Waals surface area (Å²) >= 11 is 0. The summed E-state index contributed by atoms with van der Waals surface area (Å²) in [5, 5.41) is 15.9. The molecule has 0 spiro atoms. The minimum Gasteiger partial charge on any atom is -0.388 e. The molecule has 0 amide bonds. The van der Waals surface area contributed by atoms with E-state index in [-0.39, 0.29) is 5.56 Å². The minimum atomic E-state index is -0.870. The average Bonchev–Trinajstić information content (AvgIpc) is 3.47. The van der Waals surface area contributed by atoms with E-state index in [4.69, 9.17) is 0 Å². The molecule has 2 saturated heterocycles. The molecule has 2 bridgehead atoms. The third-order valence-corrected chi connectivity index (χ3v) is 6.53. The molecule has 1 saturated carbocycles. The normalized spacial score (nSPS) is 29.9. The van der Waals surface area contributed by atoms with Crippen molar-refractivity contribution in [2.24, 2.45) is 0 Å². The molecular weight excluding hydrogens is 354 g/mol. The third kappa shape index (κ3) is 3.49. The van der Waals surface area contributed by atoms with Crippen LogP contribution in [-0.2, 0) is 13.1 Å². The maximum Gasteiger partial charge on any atom is 0.266 e. The Morgan fingerprint density at radius 1 is 1.11 bits per heavy atom. The van der Waals surface area contributed by atoms with E-state index in [0.717, 1.165) is 49.3 Å². The Hall–Kier alpha value is -2.12. The second-order valence-corrected chi connectivity index (χ2v) is 8.86. The lowest BCUT2D eigenvalue weighted by molar-refractivity contribution is -0.0678. The summed E-state index contributed by atoms with van der Waals surface area (Å²) in [6.45, 7) is 3.00. The van der Waals surface area contributed by atoms with Crippen molar-refractivity contribution in [2.75, 3.05) is 0 Å². The molecule has 7 nitrogen and oxygen atoms in total. The SMILES string of the molecule is Cc1ncc(CN2[C@H]3CC[C@H]2CC(O)(Cn2nc(C4CC4)ccc2=O)C3)cn1. The molecule has 2 aromatic heterocycles. The van der Waals surface area contributed by atoms with E-state index in [1.165, 1.54) is 4.68 Å². The molecule has 4 heterocycles. The first-order valence-corrected chi connectivity index (χ1v) is 10.3. The summed E-state index contributed by atoms with van der Waals surface area (Å²) in [6, 6.07) is 4.10. The van der Waals surface area contributed by atoms with Gasteiger partial charge in [0.25, 0.3) is 5.56 Å². The van der Waals surface area contributed by atoms with E-state index in [1.54, 1.807) is 6.07 Å². The highest BCUT2D eigenvalue weighted by Gasteiger charge is 2.47. The second-order valence-electron chi connectivity index (χ2n) is 8.86. The van der Waals surface area contributed by atoms with Gasteiger partial charge in [0.15, 0.2) is 0 Å². The number of aromatic nitrogens is 4. The first kappa shape index (κ1) is 17.9. The zero-order valence-electron chi connectivity index (χ0n) is 16.3. The number of hydrogen-bond donors (Lipinski definition) is 1. The second kappa shape index (κ2) is 6.74. The zero-order valence-corrected chi connectivity index (χ0v) is 16.3. The number of fused-ring (bicyclic) bond motifs is 2. The van der Waals surface area contributed by atoms with Gasteiger partial charge in [-0.1, -0.05) is 0 Å². The van der Waals surface area contributed by atoms with Gasteiger partial charge < -0.3 is 5.11 Å². The molecular formula is C21H27N5O2. The van der Waals surface area contributed by atoms with Crippen molar-refractivity contribution in [3.05, 3.63) is 52.0 Å². The Balaban J connectivity index is 1.31. The molecule has 0 unspecified atom stereocenters. The Kier molecular flexibility index (Phi) is 4.32. The van der Waals surface area contributed by atoms with Crippen LogP contribution in [0.3, 0.4) is 0 Å². The maximum atomic E-state index is 12.3. The van der Waals surface area contributed by atoms with Gasteiger partial charge in [-0.15, -0.1) is 0 Å². The number of rotatable bonds is 5. The zero-order chi connectivity index (χ0) is 19.3. The predicted molar refractivity (Wildman–Crippen MR) is 104 cm³/mol. The van der Waals surface area contributed by atoms with Gasteiger partial charge in [0.05, 0.1) is 17.8 Å². The molecule has 1 N–H and O–H groups in total. The minimum absolute atomic E-state index is 0.121. The van der Waals surface area contributed by atoms with Gasteiger partial charge in [-0.05, 0) is 51.5 Å². The van der Waals surface area contributed by atoms with Gasteiger partial charge >= 0.3 is 0 Å². The summed E-state index contributed by atoms with van der Waals surface area (Å²) in [6.07, 6.45) is 9.63. The van der Waals surface area contributed by atoms with E-state index < -0.39 is 5.60 Å². The Morgan fingerprint density at radius 2 is 1.79 bits per heavy atom. The molecule has 0 aromatic carbocycles. The molecule has 2 atom stereocenters. The fraction of sp³-hybridized carbons (Fsp3) is 0.619. The van der Waals surface area contributed by atoms with Crippen molar-refractivity contribution in [1.82, 2.24) is 24.6 Å². The highest BCUT2D eigenvalue weighted by atomic mass is 16.3. The van der Waals surface area contributed by atoms with E-state index in [2.05, 4.69) is 20.0 Å². The third-order valence-electron chi connectivity index (χ3n) is 6.53. The summed E-state index contributed by atoms with van der Waals surface area (Å²) in [7, 11) is 0. The topological polar surface area (TPSA) is 84.1 Å². The van der Waals surface area contributed by atoms with Crippen LogP contribution >= 0.6 is 0 Å². The van der Waals surface area contributed by atoms with Crippen LogP contribution in [0.4, 0.5) is 0 Å². The number of hydrogen-bond acceptors (Lipinski definition) is 6. The lowest BCUT2D eigenvalue weighted by atomic mass is 9.85. The largest absolute Gasteiger partial charge is 0.388 e. The maximum absolute atomic E-state index is 12.3.